The Kier molecular flexibility index (Phi) is 9.74. The Bertz CT molecular complexity index is 1260. The zero-order chi connectivity index (χ0) is 26.5. The largest absolute Gasteiger partial charge is 0.444 e. The number of ether oxygens (including phenoxy) is 1. The van der Waals surface area contributed by atoms with Crippen molar-refractivity contribution in [3.05, 3.63) is 106 Å². The number of hydrogen-bond acceptors (Lipinski definition) is 2. The molecule has 188 valence electrons. The van der Waals surface area contributed by atoms with E-state index >= 15 is 4.39 Å². The topological polar surface area (TPSA) is 26.3 Å². The maximum Gasteiger partial charge on any atom is 0.315 e. The summed E-state index contributed by atoms with van der Waals surface area (Å²) in [5.41, 5.74) is 2.38. The molecule has 3 aromatic rings. The SMILES string of the molecule is C#CC(OC(=O)C(c1cccc(C(Cl)CBr)c1)C(C)C)c1cccc(C(F)(Br)c2cccc(F)c2)c1. The lowest BCUT2D eigenvalue weighted by Gasteiger charge is -2.24. The fourth-order valence-corrected chi connectivity index (χ4v) is 4.97. The van der Waals surface area contributed by atoms with Gasteiger partial charge in [0.15, 0.2) is 6.10 Å². The molecule has 3 rings (SSSR count). The summed E-state index contributed by atoms with van der Waals surface area (Å²) in [5.74, 6) is 0.792. The number of terminal acetylenes is 1. The van der Waals surface area contributed by atoms with Crippen LogP contribution in [0.5, 0.6) is 0 Å². The van der Waals surface area contributed by atoms with Gasteiger partial charge in [0.1, 0.15) is 5.82 Å². The van der Waals surface area contributed by atoms with Crippen LogP contribution in [0.1, 0.15) is 59.1 Å². The van der Waals surface area contributed by atoms with E-state index in [1.54, 1.807) is 18.2 Å². The molecule has 0 aliphatic heterocycles. The Labute approximate surface area is 232 Å². The Balaban J connectivity index is 1.89. The monoisotopic (exact) mass is 636 g/mol. The molecular formula is C29H25Br2ClF2O2. The second-order valence-electron chi connectivity index (χ2n) is 8.71. The van der Waals surface area contributed by atoms with Gasteiger partial charge < -0.3 is 4.74 Å². The fourth-order valence-electron chi connectivity index (χ4n) is 3.96. The molecule has 0 N–H and O–H groups in total. The Morgan fingerprint density at radius 1 is 1.03 bits per heavy atom. The van der Waals surface area contributed by atoms with Gasteiger partial charge in [-0.15, -0.1) is 18.0 Å². The summed E-state index contributed by atoms with van der Waals surface area (Å²) in [6.07, 6.45) is 4.69. The van der Waals surface area contributed by atoms with Crippen LogP contribution in [-0.2, 0) is 14.1 Å². The molecule has 4 unspecified atom stereocenters. The summed E-state index contributed by atoms with van der Waals surface area (Å²) in [7, 11) is 0. The predicted molar refractivity (Wildman–Crippen MR) is 148 cm³/mol. The van der Waals surface area contributed by atoms with Crippen LogP contribution in [0.25, 0.3) is 0 Å². The molecule has 36 heavy (non-hydrogen) atoms. The molecule has 0 amide bonds. The summed E-state index contributed by atoms with van der Waals surface area (Å²) in [4.78, 5) is 13.3. The average molecular weight is 639 g/mol. The van der Waals surface area contributed by atoms with Crippen LogP contribution < -0.4 is 0 Å². The Hall–Kier alpha value is -2.20. The van der Waals surface area contributed by atoms with E-state index < -0.39 is 28.4 Å². The van der Waals surface area contributed by atoms with E-state index in [1.165, 1.54) is 24.3 Å². The number of benzene rings is 3. The molecule has 0 aliphatic carbocycles. The predicted octanol–water partition coefficient (Wildman–Crippen LogP) is 8.72. The van der Waals surface area contributed by atoms with Gasteiger partial charge >= 0.3 is 5.97 Å². The molecule has 2 nitrogen and oxygen atoms in total. The van der Waals surface area contributed by atoms with E-state index in [4.69, 9.17) is 22.8 Å². The highest BCUT2D eigenvalue weighted by molar-refractivity contribution is 9.09. The van der Waals surface area contributed by atoms with Gasteiger partial charge in [-0.1, -0.05) is 90.3 Å². The third-order valence-corrected chi connectivity index (χ3v) is 8.15. The second-order valence-corrected chi connectivity index (χ2v) is 11.0. The van der Waals surface area contributed by atoms with Crippen LogP contribution in [0.2, 0.25) is 0 Å². The number of alkyl halides is 4. The number of hydrogen-bond donors (Lipinski definition) is 0. The number of esters is 1. The van der Waals surface area contributed by atoms with Crippen molar-refractivity contribution in [1.29, 1.82) is 0 Å². The smallest absolute Gasteiger partial charge is 0.315 e. The van der Waals surface area contributed by atoms with E-state index in [0.29, 0.717) is 10.9 Å². The van der Waals surface area contributed by atoms with Gasteiger partial charge in [0.2, 0.25) is 4.58 Å². The van der Waals surface area contributed by atoms with Crippen molar-refractivity contribution in [2.45, 2.75) is 35.8 Å². The van der Waals surface area contributed by atoms with Crippen molar-refractivity contribution in [2.24, 2.45) is 5.92 Å². The zero-order valence-corrected chi connectivity index (χ0v) is 23.7. The summed E-state index contributed by atoms with van der Waals surface area (Å²) in [6, 6.07) is 19.1. The van der Waals surface area contributed by atoms with E-state index in [1.807, 2.05) is 38.1 Å². The highest BCUT2D eigenvalue weighted by atomic mass is 79.9. The van der Waals surface area contributed by atoms with Crippen molar-refractivity contribution >= 4 is 49.4 Å². The highest BCUT2D eigenvalue weighted by Crippen LogP contribution is 2.41. The molecule has 4 atom stereocenters. The molecular weight excluding hydrogens is 614 g/mol. The van der Waals surface area contributed by atoms with Crippen molar-refractivity contribution in [3.63, 3.8) is 0 Å². The first-order valence-corrected chi connectivity index (χ1v) is 13.6. The normalized spacial score (nSPS) is 15.4. The van der Waals surface area contributed by atoms with E-state index in [0.717, 1.165) is 17.2 Å². The molecule has 0 aliphatic rings. The average Bonchev–Trinajstić information content (AvgIpc) is 2.87. The standard InChI is InChI=1S/C29H25Br2ClF2O2/c1-4-26(20-9-6-11-22(15-20)29(31,34)23-12-7-13-24(33)16-23)36-28(35)27(18(2)3)21-10-5-8-19(14-21)25(32)17-30/h1,5-16,18,25-27H,17H2,2-3H3. The minimum atomic E-state index is -2.16. The van der Waals surface area contributed by atoms with Crippen molar-refractivity contribution in [2.75, 3.05) is 5.33 Å². The Morgan fingerprint density at radius 2 is 1.61 bits per heavy atom. The van der Waals surface area contributed by atoms with Gasteiger partial charge in [0.25, 0.3) is 0 Å². The van der Waals surface area contributed by atoms with Gasteiger partial charge in [0.05, 0.1) is 11.3 Å². The first-order valence-electron chi connectivity index (χ1n) is 11.3. The number of rotatable bonds is 9. The molecule has 0 aromatic heterocycles. The maximum absolute atomic E-state index is 15.7. The molecule has 0 fully saturated rings. The molecule has 7 heteroatoms. The van der Waals surface area contributed by atoms with Crippen molar-refractivity contribution in [1.82, 2.24) is 0 Å². The first-order chi connectivity index (χ1) is 17.1. The first kappa shape index (κ1) is 28.4. The summed E-state index contributed by atoms with van der Waals surface area (Å²) >= 11 is 12.8. The van der Waals surface area contributed by atoms with Gasteiger partial charge in [-0.25, -0.2) is 8.78 Å². The third-order valence-electron chi connectivity index (χ3n) is 5.81. The molecule has 0 radical (unpaired) electrons. The molecule has 0 bridgehead atoms. The van der Waals surface area contributed by atoms with Crippen LogP contribution >= 0.6 is 43.5 Å². The van der Waals surface area contributed by atoms with Crippen molar-refractivity contribution < 1.29 is 18.3 Å². The molecule has 0 heterocycles. The second kappa shape index (κ2) is 12.4. The lowest BCUT2D eigenvalue weighted by atomic mass is 9.87. The lowest BCUT2D eigenvalue weighted by molar-refractivity contribution is -0.149. The number of carbonyl (C=O) groups excluding carboxylic acids is 1. The summed E-state index contributed by atoms with van der Waals surface area (Å²) in [6.45, 7) is 3.85. The fraction of sp³-hybridized carbons (Fsp3) is 0.276. The van der Waals surface area contributed by atoms with Gasteiger partial charge in [0, 0.05) is 22.0 Å². The Morgan fingerprint density at radius 3 is 2.22 bits per heavy atom. The minimum Gasteiger partial charge on any atom is -0.444 e. The molecule has 0 saturated heterocycles. The van der Waals surface area contributed by atoms with Crippen LogP contribution in [-0.4, -0.2) is 11.3 Å². The molecule has 0 saturated carbocycles. The van der Waals surface area contributed by atoms with E-state index in [-0.39, 0.29) is 22.4 Å². The van der Waals surface area contributed by atoms with E-state index in [2.05, 4.69) is 37.8 Å². The summed E-state index contributed by atoms with van der Waals surface area (Å²) < 4.78 is 33.0. The lowest BCUT2D eigenvalue weighted by Crippen LogP contribution is -2.23. The van der Waals surface area contributed by atoms with Crippen LogP contribution in [0.15, 0.2) is 72.8 Å². The van der Waals surface area contributed by atoms with Gasteiger partial charge in [-0.2, -0.15) is 0 Å². The van der Waals surface area contributed by atoms with Crippen LogP contribution in [0.3, 0.4) is 0 Å². The molecule has 0 spiro atoms. The third kappa shape index (κ3) is 6.56. The summed E-state index contributed by atoms with van der Waals surface area (Å²) in [5, 5.41) is 0.335. The highest BCUT2D eigenvalue weighted by Gasteiger charge is 2.33. The van der Waals surface area contributed by atoms with E-state index in [9.17, 15) is 9.18 Å². The minimum absolute atomic E-state index is 0.0794. The zero-order valence-electron chi connectivity index (χ0n) is 19.7. The van der Waals surface area contributed by atoms with Gasteiger partial charge in [-0.05, 0) is 51.2 Å². The quantitative estimate of drug-likeness (QED) is 0.133. The maximum atomic E-state index is 15.7. The number of halogens is 5. The van der Waals surface area contributed by atoms with Gasteiger partial charge in [-0.3, -0.25) is 4.79 Å². The van der Waals surface area contributed by atoms with Crippen LogP contribution in [0.4, 0.5) is 8.78 Å². The van der Waals surface area contributed by atoms with Crippen molar-refractivity contribution in [3.8, 4) is 12.3 Å². The molecule has 3 aromatic carbocycles. The number of carbonyl (C=O) groups is 1. The van der Waals surface area contributed by atoms with Crippen LogP contribution in [0, 0.1) is 24.1 Å².